The van der Waals surface area contributed by atoms with Crippen LogP contribution in [0.2, 0.25) is 0 Å². The maximum atomic E-state index is 11.8. The Balaban J connectivity index is 1.80. The Bertz CT molecular complexity index is 1030. The zero-order chi connectivity index (χ0) is 21.4. The van der Waals surface area contributed by atoms with E-state index in [2.05, 4.69) is 45.5 Å². The van der Waals surface area contributed by atoms with Gasteiger partial charge in [-0.15, -0.1) is 5.11 Å². The second-order valence-corrected chi connectivity index (χ2v) is 7.20. The molecule has 0 fully saturated rings. The Hall–Kier alpha value is -3.05. The van der Waals surface area contributed by atoms with Gasteiger partial charge < -0.3 is 4.74 Å². The number of hydrogen-bond acceptors (Lipinski definition) is 14. The molecule has 6 atom stereocenters. The van der Waals surface area contributed by atoms with Crippen molar-refractivity contribution in [1.82, 2.24) is 10.0 Å². The Labute approximate surface area is 170 Å². The van der Waals surface area contributed by atoms with Crippen LogP contribution in [0.15, 0.2) is 45.5 Å². The van der Waals surface area contributed by atoms with E-state index >= 15 is 0 Å². The molecule has 0 aliphatic carbocycles. The molecule has 5 heterocycles. The standard InChI is InChI=1S/C14H21N13O3/c1-6-15-8(3)26(28)10(17-6)20-22-12-24-14(30-5)19-13(26)25(12)27(29)9(4)16-7(2)18-11(27)21-23-24/h10-12,14,28-29H,1-5H3/q+2. The quantitative estimate of drug-likeness (QED) is 0.593. The van der Waals surface area contributed by atoms with Crippen molar-refractivity contribution in [2.75, 3.05) is 7.11 Å². The topological polar surface area (TPSA) is 167 Å². The molecule has 0 amide bonds. The lowest BCUT2D eigenvalue weighted by molar-refractivity contribution is -1.14. The zero-order valence-corrected chi connectivity index (χ0v) is 16.9. The van der Waals surface area contributed by atoms with E-state index in [1.807, 2.05) is 0 Å². The van der Waals surface area contributed by atoms with Gasteiger partial charge in [-0.3, -0.25) is 0 Å². The first kappa shape index (κ1) is 18.9. The van der Waals surface area contributed by atoms with Crippen LogP contribution in [0, 0.1) is 0 Å². The molecule has 16 nitrogen and oxygen atoms in total. The van der Waals surface area contributed by atoms with Crippen LogP contribution in [0.4, 0.5) is 0 Å². The van der Waals surface area contributed by atoms with E-state index in [0.29, 0.717) is 11.7 Å². The lowest BCUT2D eigenvalue weighted by Gasteiger charge is -2.45. The van der Waals surface area contributed by atoms with E-state index in [1.165, 1.54) is 17.1 Å². The van der Waals surface area contributed by atoms with Crippen LogP contribution in [0.25, 0.3) is 0 Å². The second-order valence-electron chi connectivity index (χ2n) is 7.20. The third-order valence-electron chi connectivity index (χ3n) is 5.37. The highest BCUT2D eigenvalue weighted by molar-refractivity contribution is 5.98. The van der Waals surface area contributed by atoms with Gasteiger partial charge in [-0.1, -0.05) is 20.5 Å². The minimum Gasteiger partial charge on any atom is -0.341 e. The molecule has 0 saturated heterocycles. The highest BCUT2D eigenvalue weighted by Gasteiger charge is 2.69. The van der Waals surface area contributed by atoms with Gasteiger partial charge in [-0.2, -0.15) is 40.4 Å². The fraction of sp³-hybridized carbons (Fsp3) is 0.643. The van der Waals surface area contributed by atoms with Gasteiger partial charge in [0.2, 0.25) is 5.84 Å². The van der Waals surface area contributed by atoms with Gasteiger partial charge in [0.15, 0.2) is 0 Å². The normalized spacial score (nSPS) is 41.5. The van der Waals surface area contributed by atoms with Gasteiger partial charge in [0, 0.05) is 25.7 Å². The predicted molar refractivity (Wildman–Crippen MR) is 99.5 cm³/mol. The number of aliphatic imine (C=N–C) groups is 5. The summed E-state index contributed by atoms with van der Waals surface area (Å²) in [6.45, 7) is 6.60. The predicted octanol–water partition coefficient (Wildman–Crippen LogP) is 0.615. The second kappa shape index (κ2) is 5.99. The van der Waals surface area contributed by atoms with Crippen LogP contribution in [0.3, 0.4) is 0 Å². The first-order valence-corrected chi connectivity index (χ1v) is 9.14. The zero-order valence-electron chi connectivity index (χ0n) is 16.9. The maximum Gasteiger partial charge on any atom is 0.400 e. The Kier molecular flexibility index (Phi) is 3.78. The molecule has 30 heavy (non-hydrogen) atoms. The van der Waals surface area contributed by atoms with Crippen LogP contribution in [0.1, 0.15) is 27.7 Å². The van der Waals surface area contributed by atoms with Crippen LogP contribution in [-0.2, 0) is 4.74 Å². The number of quaternary nitrogens is 2. The summed E-state index contributed by atoms with van der Waals surface area (Å²) in [6.07, 6.45) is -4.32. The molecule has 5 aliphatic heterocycles. The summed E-state index contributed by atoms with van der Waals surface area (Å²) in [7, 11) is 1.43. The number of amidine groups is 4. The van der Waals surface area contributed by atoms with E-state index in [1.54, 1.807) is 27.7 Å². The van der Waals surface area contributed by atoms with E-state index in [0.717, 1.165) is 0 Å². The van der Waals surface area contributed by atoms with Gasteiger partial charge in [-0.25, -0.2) is 0 Å². The monoisotopic (exact) mass is 419 g/mol. The Morgan fingerprint density at radius 2 is 1.53 bits per heavy atom. The molecule has 4 bridgehead atoms. The van der Waals surface area contributed by atoms with Crippen molar-refractivity contribution in [3.63, 3.8) is 0 Å². The molecular formula is C14H21N13O3+2. The summed E-state index contributed by atoms with van der Waals surface area (Å²) in [6, 6.07) is 0. The van der Waals surface area contributed by atoms with Crippen molar-refractivity contribution in [3.8, 4) is 0 Å². The smallest absolute Gasteiger partial charge is 0.341 e. The summed E-state index contributed by atoms with van der Waals surface area (Å²) in [5, 5.41) is 43.1. The average molecular weight is 419 g/mol. The van der Waals surface area contributed by atoms with Crippen LogP contribution >= 0.6 is 0 Å². The minimum absolute atomic E-state index is 0.0558. The summed E-state index contributed by atoms with van der Waals surface area (Å²) in [5.74, 6) is 1.26. The van der Waals surface area contributed by atoms with Crippen molar-refractivity contribution in [2.45, 2.75) is 52.9 Å². The Morgan fingerprint density at radius 3 is 2.23 bits per heavy atom. The molecule has 6 unspecified atom stereocenters. The molecule has 5 aliphatic rings. The number of ether oxygens (including phenoxy) is 1. The molecule has 158 valence electrons. The number of guanidine groups is 1. The first-order valence-electron chi connectivity index (χ1n) is 9.14. The summed E-state index contributed by atoms with van der Waals surface area (Å²) in [4.78, 5) is 21.8. The molecule has 16 heteroatoms. The number of rotatable bonds is 1. The van der Waals surface area contributed by atoms with Crippen molar-refractivity contribution in [2.24, 2.45) is 45.5 Å². The van der Waals surface area contributed by atoms with Crippen molar-refractivity contribution < 1.29 is 24.6 Å². The summed E-state index contributed by atoms with van der Waals surface area (Å²) < 4.78 is 3.36. The largest absolute Gasteiger partial charge is 0.400 e. The minimum atomic E-state index is -1.14. The van der Waals surface area contributed by atoms with Gasteiger partial charge in [0.05, 0.1) is 0 Å². The van der Waals surface area contributed by atoms with E-state index in [9.17, 15) is 10.4 Å². The van der Waals surface area contributed by atoms with E-state index in [4.69, 9.17) is 4.74 Å². The highest BCUT2D eigenvalue weighted by Crippen LogP contribution is 2.40. The van der Waals surface area contributed by atoms with Crippen molar-refractivity contribution >= 4 is 29.3 Å². The van der Waals surface area contributed by atoms with Crippen LogP contribution in [-0.4, -0.2) is 91.5 Å². The van der Waals surface area contributed by atoms with Gasteiger partial charge >= 0.3 is 18.5 Å². The number of azo groups is 1. The molecule has 0 spiro atoms. The molecule has 0 radical (unpaired) electrons. The number of hydroxylamine groups is 5. The third kappa shape index (κ3) is 2.18. The average Bonchev–Trinajstić information content (AvgIpc) is 2.84. The van der Waals surface area contributed by atoms with Crippen molar-refractivity contribution in [1.29, 1.82) is 0 Å². The molecule has 2 N–H and O–H groups in total. The number of methoxy groups -OCH3 is 1. The molecule has 5 rings (SSSR count). The highest BCUT2D eigenvalue weighted by atomic mass is 16.6. The van der Waals surface area contributed by atoms with E-state index < -0.39 is 34.6 Å². The van der Waals surface area contributed by atoms with Gasteiger partial charge in [0.25, 0.3) is 18.5 Å². The summed E-state index contributed by atoms with van der Waals surface area (Å²) in [5.41, 5.74) is 0. The van der Waals surface area contributed by atoms with Crippen LogP contribution in [0.5, 0.6) is 0 Å². The number of nitrogens with zero attached hydrogens (tertiary/aromatic N) is 13. The maximum absolute atomic E-state index is 11.8. The molecular weight excluding hydrogens is 398 g/mol. The Morgan fingerprint density at radius 1 is 0.867 bits per heavy atom. The molecule has 0 aromatic heterocycles. The van der Waals surface area contributed by atoms with E-state index in [-0.39, 0.29) is 17.6 Å². The number of hydrogen-bond donors (Lipinski definition) is 2. The SMILES string of the molecule is COC1N=C2N3C(N=NC4N=C(C)N=C(C)[N+]24O)N1N=NC1N=C(C)N=C(C)[N+]13O. The molecule has 0 aromatic rings. The fourth-order valence-electron chi connectivity index (χ4n) is 3.88. The summed E-state index contributed by atoms with van der Waals surface area (Å²) >= 11 is 0. The first-order chi connectivity index (χ1) is 14.2. The molecule has 0 saturated carbocycles. The van der Waals surface area contributed by atoms with Gasteiger partial charge in [-0.05, 0) is 18.5 Å². The molecule has 0 aromatic carbocycles. The fourth-order valence-corrected chi connectivity index (χ4v) is 3.88. The third-order valence-corrected chi connectivity index (χ3v) is 5.37. The lowest BCUT2D eigenvalue weighted by Crippen LogP contribution is -2.78. The number of fused-ring (bicyclic) bond motifs is 3. The van der Waals surface area contributed by atoms with Crippen molar-refractivity contribution in [3.05, 3.63) is 0 Å². The van der Waals surface area contributed by atoms with Crippen LogP contribution < -0.4 is 0 Å². The van der Waals surface area contributed by atoms with Gasteiger partial charge in [0.1, 0.15) is 11.7 Å². The lowest BCUT2D eigenvalue weighted by atomic mass is 10.4.